The van der Waals surface area contributed by atoms with Crippen LogP contribution in [0.3, 0.4) is 0 Å². The molecule has 4 aliphatic rings. The molecule has 1 aromatic rings. The fraction of sp³-hybridized carbons (Fsp3) is 0.412. The van der Waals surface area contributed by atoms with Gasteiger partial charge in [-0.2, -0.15) is 0 Å². The van der Waals surface area contributed by atoms with Crippen molar-refractivity contribution in [2.75, 3.05) is 18.1 Å². The summed E-state index contributed by atoms with van der Waals surface area (Å²) >= 11 is 12.1. The first-order chi connectivity index (χ1) is 12.0. The van der Waals surface area contributed by atoms with Gasteiger partial charge in [0.05, 0.1) is 36.8 Å². The number of carbonyl (C=O) groups is 2. The van der Waals surface area contributed by atoms with Crippen molar-refractivity contribution in [1.29, 1.82) is 0 Å². The van der Waals surface area contributed by atoms with Crippen molar-refractivity contribution in [2.24, 2.45) is 11.8 Å². The third-order valence-corrected chi connectivity index (χ3v) is 5.61. The average Bonchev–Trinajstić information content (AvgIpc) is 3.30. The molecule has 4 aliphatic heterocycles. The molecule has 4 atom stereocenters. The van der Waals surface area contributed by atoms with Gasteiger partial charge in [0.15, 0.2) is 11.9 Å². The minimum absolute atomic E-state index is 0.317. The van der Waals surface area contributed by atoms with Crippen LogP contribution in [0.25, 0.3) is 0 Å². The minimum atomic E-state index is -1.06. The van der Waals surface area contributed by atoms with Crippen molar-refractivity contribution >= 4 is 40.7 Å². The second kappa shape index (κ2) is 5.28. The van der Waals surface area contributed by atoms with Crippen molar-refractivity contribution in [3.63, 3.8) is 0 Å². The largest absolute Gasteiger partial charge is 0.357 e. The Hall–Kier alpha value is -1.44. The summed E-state index contributed by atoms with van der Waals surface area (Å²) in [7, 11) is 0. The Morgan fingerprint density at radius 1 is 1.04 bits per heavy atom. The molecule has 0 aliphatic carbocycles. The molecular formula is C17H13Cl2NO5. The van der Waals surface area contributed by atoms with E-state index in [9.17, 15) is 9.59 Å². The number of amides is 2. The van der Waals surface area contributed by atoms with Gasteiger partial charge in [-0.3, -0.25) is 9.59 Å². The summed E-state index contributed by atoms with van der Waals surface area (Å²) in [5.41, 5.74) is -0.694. The highest BCUT2D eigenvalue weighted by molar-refractivity contribution is 6.35. The van der Waals surface area contributed by atoms with Crippen LogP contribution in [0.15, 0.2) is 30.4 Å². The molecule has 130 valence electrons. The van der Waals surface area contributed by atoms with Crippen LogP contribution in [0.4, 0.5) is 5.69 Å². The van der Waals surface area contributed by atoms with Gasteiger partial charge in [0.1, 0.15) is 0 Å². The normalized spacial score (nSPS) is 36.7. The molecule has 1 aromatic carbocycles. The van der Waals surface area contributed by atoms with Crippen LogP contribution < -0.4 is 4.90 Å². The summed E-state index contributed by atoms with van der Waals surface area (Å²) in [5, 5.41) is 0.712. The SMILES string of the molecule is O=C1[C@H]2[C@H]3C=C[C@@](C4OCCO4)(O3)[C@H]2C(=O)N1c1cc(Cl)cc(Cl)c1. The third kappa shape index (κ3) is 2.03. The van der Waals surface area contributed by atoms with Crippen LogP contribution in [0, 0.1) is 11.8 Å². The monoisotopic (exact) mass is 381 g/mol. The molecule has 3 saturated heterocycles. The number of hydrogen-bond donors (Lipinski definition) is 0. The molecule has 5 rings (SSSR count). The maximum Gasteiger partial charge on any atom is 0.241 e. The van der Waals surface area contributed by atoms with E-state index in [-0.39, 0.29) is 11.8 Å². The van der Waals surface area contributed by atoms with E-state index in [0.29, 0.717) is 28.9 Å². The summed E-state index contributed by atoms with van der Waals surface area (Å²) in [6.07, 6.45) is 2.46. The van der Waals surface area contributed by atoms with Gasteiger partial charge in [0.25, 0.3) is 0 Å². The van der Waals surface area contributed by atoms with E-state index in [1.165, 1.54) is 0 Å². The Bertz CT molecular complexity index is 801. The summed E-state index contributed by atoms with van der Waals surface area (Å²) in [6, 6.07) is 4.65. The standard InChI is InChI=1S/C17H13Cl2NO5/c18-8-5-9(19)7-10(6-8)20-14(21)12-11-1-2-17(25-11,13(12)15(20)22)16-23-3-4-24-16/h1-2,5-7,11-13,16H,3-4H2/t11-,12+,13-,17-/m1/s1. The quantitative estimate of drug-likeness (QED) is 0.580. The maximum atomic E-state index is 13.2. The lowest BCUT2D eigenvalue weighted by atomic mass is 9.76. The summed E-state index contributed by atoms with van der Waals surface area (Å²) < 4.78 is 17.2. The van der Waals surface area contributed by atoms with Crippen LogP contribution in [0.1, 0.15) is 0 Å². The summed E-state index contributed by atoms with van der Waals surface area (Å²) in [4.78, 5) is 27.3. The highest BCUT2D eigenvalue weighted by atomic mass is 35.5. The van der Waals surface area contributed by atoms with E-state index in [0.717, 1.165) is 4.90 Å². The smallest absolute Gasteiger partial charge is 0.241 e. The molecule has 0 N–H and O–H groups in total. The number of ether oxygens (including phenoxy) is 3. The first-order valence-corrected chi connectivity index (χ1v) is 8.71. The van der Waals surface area contributed by atoms with Crippen LogP contribution in [0.2, 0.25) is 10.0 Å². The van der Waals surface area contributed by atoms with Crippen LogP contribution in [0.5, 0.6) is 0 Å². The number of halogens is 2. The molecule has 25 heavy (non-hydrogen) atoms. The van der Waals surface area contributed by atoms with Crippen LogP contribution in [-0.4, -0.2) is 43.0 Å². The van der Waals surface area contributed by atoms with Gasteiger partial charge in [-0.15, -0.1) is 0 Å². The number of carbonyl (C=O) groups excluding carboxylic acids is 2. The zero-order valence-electron chi connectivity index (χ0n) is 12.9. The summed E-state index contributed by atoms with van der Waals surface area (Å²) in [5.74, 6) is -1.94. The van der Waals surface area contributed by atoms with Crippen molar-refractivity contribution in [3.8, 4) is 0 Å². The van der Waals surface area contributed by atoms with E-state index >= 15 is 0 Å². The second-order valence-electron chi connectivity index (χ2n) is 6.51. The van der Waals surface area contributed by atoms with Gasteiger partial charge >= 0.3 is 0 Å². The van der Waals surface area contributed by atoms with Crippen molar-refractivity contribution < 1.29 is 23.8 Å². The fourth-order valence-electron chi connectivity index (χ4n) is 4.25. The van der Waals surface area contributed by atoms with Crippen molar-refractivity contribution in [3.05, 3.63) is 40.4 Å². The molecule has 6 nitrogen and oxygen atoms in total. The van der Waals surface area contributed by atoms with Gasteiger partial charge in [-0.1, -0.05) is 29.3 Å². The third-order valence-electron chi connectivity index (χ3n) is 5.17. The summed E-state index contributed by atoms with van der Waals surface area (Å²) in [6.45, 7) is 0.864. The van der Waals surface area contributed by atoms with E-state index in [4.69, 9.17) is 37.4 Å². The first kappa shape index (κ1) is 15.8. The highest BCUT2D eigenvalue weighted by Gasteiger charge is 2.71. The van der Waals surface area contributed by atoms with E-state index in [2.05, 4.69) is 0 Å². The second-order valence-corrected chi connectivity index (χ2v) is 7.38. The number of benzene rings is 1. The lowest BCUT2D eigenvalue weighted by Gasteiger charge is -2.32. The Labute approximate surface area is 153 Å². The number of hydrogen-bond acceptors (Lipinski definition) is 5. The lowest BCUT2D eigenvalue weighted by Crippen LogP contribution is -2.49. The van der Waals surface area contributed by atoms with Crippen LogP contribution in [-0.2, 0) is 23.8 Å². The molecule has 8 heteroatoms. The Morgan fingerprint density at radius 2 is 1.72 bits per heavy atom. The lowest BCUT2D eigenvalue weighted by molar-refractivity contribution is -0.180. The van der Waals surface area contributed by atoms with Gasteiger partial charge < -0.3 is 14.2 Å². The van der Waals surface area contributed by atoms with Gasteiger partial charge in [0.2, 0.25) is 11.8 Å². The van der Waals surface area contributed by atoms with E-state index in [1.54, 1.807) is 24.3 Å². The molecule has 0 aromatic heterocycles. The maximum absolute atomic E-state index is 13.2. The zero-order chi connectivity index (χ0) is 17.3. The Balaban J connectivity index is 1.57. The molecule has 4 heterocycles. The van der Waals surface area contributed by atoms with E-state index in [1.807, 2.05) is 6.08 Å². The molecular weight excluding hydrogens is 369 g/mol. The topological polar surface area (TPSA) is 65.1 Å². The molecule has 2 bridgehead atoms. The molecule has 0 spiro atoms. The van der Waals surface area contributed by atoms with E-state index < -0.39 is 29.8 Å². The molecule has 2 amide bonds. The predicted molar refractivity (Wildman–Crippen MR) is 88.4 cm³/mol. The number of imide groups is 1. The zero-order valence-corrected chi connectivity index (χ0v) is 14.4. The molecule has 0 radical (unpaired) electrons. The Morgan fingerprint density at radius 3 is 2.40 bits per heavy atom. The number of nitrogens with zero attached hydrogens (tertiary/aromatic N) is 1. The molecule has 3 fully saturated rings. The van der Waals surface area contributed by atoms with Gasteiger partial charge in [-0.05, 0) is 24.3 Å². The number of rotatable bonds is 2. The Kier molecular flexibility index (Phi) is 3.34. The minimum Gasteiger partial charge on any atom is -0.357 e. The fourth-order valence-corrected chi connectivity index (χ4v) is 4.76. The number of fused-ring (bicyclic) bond motifs is 5. The molecule has 0 unspecified atom stereocenters. The van der Waals surface area contributed by atoms with Gasteiger partial charge in [-0.25, -0.2) is 4.90 Å². The average molecular weight is 382 g/mol. The predicted octanol–water partition coefficient (Wildman–Crippen LogP) is 2.18. The van der Waals surface area contributed by atoms with Crippen molar-refractivity contribution in [1.82, 2.24) is 0 Å². The van der Waals surface area contributed by atoms with Crippen LogP contribution >= 0.6 is 23.2 Å². The molecule has 0 saturated carbocycles. The number of anilines is 1. The van der Waals surface area contributed by atoms with Crippen molar-refractivity contribution in [2.45, 2.75) is 18.0 Å². The first-order valence-electron chi connectivity index (χ1n) is 7.95. The van der Waals surface area contributed by atoms with Gasteiger partial charge in [0, 0.05) is 10.0 Å². The highest BCUT2D eigenvalue weighted by Crippen LogP contribution is 2.55.